The Bertz CT molecular complexity index is 1180. The molecule has 3 aromatic carbocycles. The average Bonchev–Trinajstić information content (AvgIpc) is 2.74. The number of nitrogens with one attached hydrogen (secondary N) is 2. The Balaban J connectivity index is 1.77. The third-order valence-corrected chi connectivity index (χ3v) is 5.57. The van der Waals surface area contributed by atoms with Crippen molar-refractivity contribution in [2.45, 2.75) is 11.4 Å². The number of carbonyl (C=O) groups is 1. The fourth-order valence-electron chi connectivity index (χ4n) is 2.69. The summed E-state index contributed by atoms with van der Waals surface area (Å²) >= 11 is 0. The number of halogens is 2. The second-order valence-electron chi connectivity index (χ2n) is 6.25. The second-order valence-corrected chi connectivity index (χ2v) is 7.93. The Hall–Kier alpha value is -3.46. The fourth-order valence-corrected chi connectivity index (χ4v) is 3.81. The van der Waals surface area contributed by atoms with E-state index in [9.17, 15) is 22.0 Å². The highest BCUT2D eigenvalue weighted by Crippen LogP contribution is 2.26. The summed E-state index contributed by atoms with van der Waals surface area (Å²) in [5.74, 6) is -1.58. The summed E-state index contributed by atoms with van der Waals surface area (Å²) in [6.45, 7) is -0.251. The van der Waals surface area contributed by atoms with Crippen LogP contribution in [0.15, 0.2) is 71.6 Å². The van der Waals surface area contributed by atoms with Gasteiger partial charge in [0.1, 0.15) is 17.4 Å². The first-order chi connectivity index (χ1) is 14.3. The van der Waals surface area contributed by atoms with Gasteiger partial charge in [-0.15, -0.1) is 0 Å². The topological polar surface area (TPSA) is 84.5 Å². The van der Waals surface area contributed by atoms with E-state index in [4.69, 9.17) is 4.74 Å². The summed E-state index contributed by atoms with van der Waals surface area (Å²) in [7, 11) is -2.58. The van der Waals surface area contributed by atoms with Crippen molar-refractivity contribution < 1.29 is 26.7 Å². The van der Waals surface area contributed by atoms with E-state index in [1.807, 2.05) is 0 Å². The number of sulfonamides is 1. The highest BCUT2D eigenvalue weighted by atomic mass is 32.2. The number of hydrogen-bond acceptors (Lipinski definition) is 4. The van der Waals surface area contributed by atoms with Crippen molar-refractivity contribution in [3.8, 4) is 5.75 Å². The molecule has 2 N–H and O–H groups in total. The van der Waals surface area contributed by atoms with Crippen LogP contribution in [0.25, 0.3) is 0 Å². The van der Waals surface area contributed by atoms with Gasteiger partial charge in [0.2, 0.25) is 0 Å². The van der Waals surface area contributed by atoms with E-state index >= 15 is 0 Å². The first kappa shape index (κ1) is 21.3. The minimum atomic E-state index is -4.00. The number of anilines is 1. The molecule has 9 heteroatoms. The van der Waals surface area contributed by atoms with Gasteiger partial charge < -0.3 is 10.1 Å². The fraction of sp³-hybridized carbons (Fsp3) is 0.0952. The standard InChI is InChI=1S/C21H18F2N2O4S/c1-29-20-8-3-2-7-19(20)25-30(27,28)17-6-4-5-14(12-17)21(26)24-13-15-11-16(22)9-10-18(15)23/h2-12,25H,13H2,1H3,(H,24,26). The van der Waals surface area contributed by atoms with Gasteiger partial charge in [0, 0.05) is 17.7 Å². The van der Waals surface area contributed by atoms with Crippen molar-refractivity contribution in [3.05, 3.63) is 89.5 Å². The van der Waals surface area contributed by atoms with Crippen molar-refractivity contribution in [2.24, 2.45) is 0 Å². The van der Waals surface area contributed by atoms with Crippen LogP contribution < -0.4 is 14.8 Å². The van der Waals surface area contributed by atoms with Crippen LogP contribution in [-0.2, 0) is 16.6 Å². The lowest BCUT2D eigenvalue weighted by atomic mass is 10.2. The van der Waals surface area contributed by atoms with E-state index in [1.54, 1.807) is 24.3 Å². The normalized spacial score (nSPS) is 11.0. The predicted molar refractivity (Wildman–Crippen MR) is 108 cm³/mol. The molecule has 0 heterocycles. The highest BCUT2D eigenvalue weighted by molar-refractivity contribution is 7.92. The molecule has 0 saturated carbocycles. The molecular formula is C21H18F2N2O4S. The molecule has 0 unspecified atom stereocenters. The number of amides is 1. The minimum absolute atomic E-state index is 0.0232. The maximum absolute atomic E-state index is 13.7. The zero-order valence-electron chi connectivity index (χ0n) is 15.9. The van der Waals surface area contributed by atoms with E-state index in [0.717, 1.165) is 18.2 Å². The lowest BCUT2D eigenvalue weighted by Gasteiger charge is -2.12. The third-order valence-electron chi connectivity index (χ3n) is 4.20. The molecule has 0 bridgehead atoms. The summed E-state index contributed by atoms with van der Waals surface area (Å²) in [5.41, 5.74) is 0.274. The summed E-state index contributed by atoms with van der Waals surface area (Å²) in [6.07, 6.45) is 0. The van der Waals surface area contributed by atoms with E-state index in [-0.39, 0.29) is 28.3 Å². The van der Waals surface area contributed by atoms with Gasteiger partial charge >= 0.3 is 0 Å². The first-order valence-corrected chi connectivity index (χ1v) is 10.3. The van der Waals surface area contributed by atoms with Gasteiger partial charge in [0.05, 0.1) is 17.7 Å². The van der Waals surface area contributed by atoms with E-state index in [1.165, 1.54) is 31.4 Å². The molecule has 0 atom stereocenters. The Labute approximate surface area is 172 Å². The molecule has 0 aliphatic heterocycles. The molecule has 1 amide bonds. The molecule has 0 spiro atoms. The molecular weight excluding hydrogens is 414 g/mol. The molecule has 6 nitrogen and oxygen atoms in total. The lowest BCUT2D eigenvalue weighted by molar-refractivity contribution is 0.0950. The number of para-hydroxylation sites is 2. The summed E-state index contributed by atoms with van der Waals surface area (Å²) in [5, 5.41) is 2.45. The average molecular weight is 432 g/mol. The lowest BCUT2D eigenvalue weighted by Crippen LogP contribution is -2.24. The third kappa shape index (κ3) is 4.93. The Kier molecular flexibility index (Phi) is 6.31. The van der Waals surface area contributed by atoms with Gasteiger partial charge in [-0.25, -0.2) is 17.2 Å². The molecule has 3 aromatic rings. The Morgan fingerprint density at radius 3 is 2.53 bits per heavy atom. The van der Waals surface area contributed by atoms with Crippen LogP contribution in [0.4, 0.5) is 14.5 Å². The van der Waals surface area contributed by atoms with Gasteiger partial charge in [-0.2, -0.15) is 0 Å². The van der Waals surface area contributed by atoms with Crippen LogP contribution in [0, 0.1) is 11.6 Å². The zero-order valence-corrected chi connectivity index (χ0v) is 16.7. The maximum Gasteiger partial charge on any atom is 0.262 e. The van der Waals surface area contributed by atoms with Crippen molar-refractivity contribution in [3.63, 3.8) is 0 Å². The predicted octanol–water partition coefficient (Wildman–Crippen LogP) is 3.70. The molecule has 0 radical (unpaired) electrons. The van der Waals surface area contributed by atoms with Crippen LogP contribution in [-0.4, -0.2) is 21.4 Å². The largest absolute Gasteiger partial charge is 0.495 e. The van der Waals surface area contributed by atoms with Crippen molar-refractivity contribution in [1.29, 1.82) is 0 Å². The number of carbonyl (C=O) groups excluding carboxylic acids is 1. The number of benzene rings is 3. The Morgan fingerprint density at radius 1 is 1.00 bits per heavy atom. The van der Waals surface area contributed by atoms with Crippen LogP contribution in [0.1, 0.15) is 15.9 Å². The summed E-state index contributed by atoms with van der Waals surface area (Å²) < 4.78 is 59.9. The number of rotatable bonds is 7. The van der Waals surface area contributed by atoms with Crippen LogP contribution in [0.5, 0.6) is 5.75 Å². The molecule has 0 aliphatic rings. The molecule has 3 rings (SSSR count). The monoisotopic (exact) mass is 432 g/mol. The van der Waals surface area contributed by atoms with Crippen molar-refractivity contribution in [1.82, 2.24) is 5.32 Å². The van der Waals surface area contributed by atoms with Gasteiger partial charge in [0.15, 0.2) is 0 Å². The van der Waals surface area contributed by atoms with Gasteiger partial charge in [0.25, 0.3) is 15.9 Å². The first-order valence-electron chi connectivity index (χ1n) is 8.78. The summed E-state index contributed by atoms with van der Waals surface area (Å²) in [4.78, 5) is 12.2. The highest BCUT2D eigenvalue weighted by Gasteiger charge is 2.18. The molecule has 0 aliphatic carbocycles. The van der Waals surface area contributed by atoms with Crippen molar-refractivity contribution in [2.75, 3.05) is 11.8 Å². The van der Waals surface area contributed by atoms with E-state index < -0.39 is 27.6 Å². The maximum atomic E-state index is 13.7. The molecule has 0 fully saturated rings. The SMILES string of the molecule is COc1ccccc1NS(=O)(=O)c1cccc(C(=O)NCc2cc(F)ccc2F)c1. The van der Waals surface area contributed by atoms with Crippen LogP contribution in [0.3, 0.4) is 0 Å². The quantitative estimate of drug-likeness (QED) is 0.596. The van der Waals surface area contributed by atoms with Gasteiger partial charge in [-0.05, 0) is 48.5 Å². The number of methoxy groups -OCH3 is 1. The molecule has 30 heavy (non-hydrogen) atoms. The zero-order chi connectivity index (χ0) is 21.7. The van der Waals surface area contributed by atoms with E-state index in [0.29, 0.717) is 5.75 Å². The second kappa shape index (κ2) is 8.91. The number of ether oxygens (including phenoxy) is 1. The molecule has 0 saturated heterocycles. The minimum Gasteiger partial charge on any atom is -0.495 e. The smallest absolute Gasteiger partial charge is 0.262 e. The van der Waals surface area contributed by atoms with E-state index in [2.05, 4.69) is 10.0 Å². The Morgan fingerprint density at radius 2 is 1.77 bits per heavy atom. The van der Waals surface area contributed by atoms with Crippen LogP contribution in [0.2, 0.25) is 0 Å². The summed E-state index contributed by atoms with van der Waals surface area (Å²) in [6, 6.07) is 14.8. The van der Waals surface area contributed by atoms with Crippen molar-refractivity contribution >= 4 is 21.6 Å². The van der Waals surface area contributed by atoms with Crippen LogP contribution >= 0.6 is 0 Å². The van der Waals surface area contributed by atoms with Gasteiger partial charge in [-0.3, -0.25) is 9.52 Å². The molecule has 0 aromatic heterocycles. The molecule has 156 valence electrons. The number of hydrogen-bond donors (Lipinski definition) is 2. The van der Waals surface area contributed by atoms with Gasteiger partial charge in [-0.1, -0.05) is 18.2 Å².